The number of hydrogen-bond donors (Lipinski definition) is 0. The number of imidazole rings is 1. The number of carbonyl (C=O) groups excluding carboxylic acids is 1. The first kappa shape index (κ1) is 21.6. The summed E-state index contributed by atoms with van der Waals surface area (Å²) in [6, 6.07) is 8.08. The molecule has 1 spiro atoms. The second-order valence-electron chi connectivity index (χ2n) is 9.43. The van der Waals surface area contributed by atoms with E-state index in [9.17, 15) is 4.79 Å². The minimum atomic E-state index is -0.294. The first-order chi connectivity index (χ1) is 15.5. The molecule has 0 saturated carbocycles. The summed E-state index contributed by atoms with van der Waals surface area (Å²) >= 11 is 6.14. The van der Waals surface area contributed by atoms with Gasteiger partial charge in [0.15, 0.2) is 0 Å². The highest BCUT2D eigenvalue weighted by Crippen LogP contribution is 2.44. The van der Waals surface area contributed by atoms with Crippen LogP contribution in [0.2, 0.25) is 5.02 Å². The van der Waals surface area contributed by atoms with Gasteiger partial charge in [-0.25, -0.2) is 4.98 Å². The number of cyclic esters (lactones) is 1. The van der Waals surface area contributed by atoms with E-state index in [1.807, 2.05) is 42.2 Å². The summed E-state index contributed by atoms with van der Waals surface area (Å²) in [6.45, 7) is 6.75. The fraction of sp³-hybridized carbons (Fsp3) is 0.583. The molecule has 32 heavy (non-hydrogen) atoms. The number of rotatable bonds is 5. The van der Waals surface area contributed by atoms with Crippen LogP contribution in [0.15, 0.2) is 36.7 Å². The largest absolute Gasteiger partial charge is 0.462 e. The molecule has 172 valence electrons. The zero-order chi connectivity index (χ0) is 22.1. The molecule has 1 aromatic carbocycles. The van der Waals surface area contributed by atoms with E-state index in [2.05, 4.69) is 25.8 Å². The lowest BCUT2D eigenvalue weighted by atomic mass is 9.76. The number of aromatic nitrogens is 2. The van der Waals surface area contributed by atoms with Gasteiger partial charge in [0, 0.05) is 82.4 Å². The van der Waals surface area contributed by atoms with Crippen molar-refractivity contribution >= 4 is 29.2 Å². The van der Waals surface area contributed by atoms with E-state index in [-0.39, 0.29) is 17.5 Å². The third-order valence-corrected chi connectivity index (χ3v) is 7.67. The van der Waals surface area contributed by atoms with Gasteiger partial charge >= 0.3 is 5.97 Å². The van der Waals surface area contributed by atoms with Gasteiger partial charge in [0.25, 0.3) is 0 Å². The van der Waals surface area contributed by atoms with Crippen LogP contribution in [0.3, 0.4) is 0 Å². The Hall–Kier alpha value is -2.25. The van der Waals surface area contributed by atoms with Gasteiger partial charge in [-0.2, -0.15) is 0 Å². The summed E-state index contributed by atoms with van der Waals surface area (Å²) < 4.78 is 7.91. The topological polar surface area (TPSA) is 53.8 Å². The van der Waals surface area contributed by atoms with E-state index >= 15 is 0 Å². The monoisotopic (exact) mass is 457 g/mol. The van der Waals surface area contributed by atoms with Crippen molar-refractivity contribution in [2.24, 2.45) is 12.5 Å². The van der Waals surface area contributed by atoms with Crippen LogP contribution in [0.5, 0.6) is 0 Å². The van der Waals surface area contributed by atoms with Crippen LogP contribution >= 0.6 is 11.6 Å². The van der Waals surface area contributed by atoms with Gasteiger partial charge in [-0.15, -0.1) is 0 Å². The van der Waals surface area contributed by atoms with Crippen molar-refractivity contribution < 1.29 is 9.53 Å². The number of ether oxygens (including phenoxy) is 1. The van der Waals surface area contributed by atoms with Gasteiger partial charge in [-0.3, -0.25) is 9.69 Å². The predicted octanol–water partition coefficient (Wildman–Crippen LogP) is 3.19. The Labute approximate surface area is 194 Å². The maximum Gasteiger partial charge on any atom is 0.312 e. The Balaban J connectivity index is 1.09. The van der Waals surface area contributed by atoms with Gasteiger partial charge < -0.3 is 19.1 Å². The first-order valence-corrected chi connectivity index (χ1v) is 12.1. The molecular weight excluding hydrogens is 426 g/mol. The highest BCUT2D eigenvalue weighted by Gasteiger charge is 2.50. The van der Waals surface area contributed by atoms with Crippen LogP contribution in [0, 0.1) is 5.41 Å². The SMILES string of the molecule is Cn1ccnc1N1CCC2(CC1)C[C@H](CCN1CCN(c3cccc(Cl)c3)CC1)OC2=O. The Morgan fingerprint density at radius 2 is 1.91 bits per heavy atom. The summed E-state index contributed by atoms with van der Waals surface area (Å²) in [5.41, 5.74) is 0.901. The van der Waals surface area contributed by atoms with Gasteiger partial charge in [-0.05, 0) is 37.5 Å². The van der Waals surface area contributed by atoms with Gasteiger partial charge in [-0.1, -0.05) is 17.7 Å². The molecule has 8 heteroatoms. The molecule has 0 amide bonds. The van der Waals surface area contributed by atoms with Gasteiger partial charge in [0.2, 0.25) is 5.95 Å². The van der Waals surface area contributed by atoms with E-state index in [1.54, 1.807) is 0 Å². The summed E-state index contributed by atoms with van der Waals surface area (Å²) in [5, 5.41) is 0.785. The Bertz CT molecular complexity index is 947. The van der Waals surface area contributed by atoms with Crippen molar-refractivity contribution in [1.29, 1.82) is 0 Å². The lowest BCUT2D eigenvalue weighted by molar-refractivity contribution is -0.149. The second-order valence-corrected chi connectivity index (χ2v) is 9.87. The zero-order valence-corrected chi connectivity index (χ0v) is 19.5. The van der Waals surface area contributed by atoms with E-state index in [4.69, 9.17) is 16.3 Å². The smallest absolute Gasteiger partial charge is 0.312 e. The summed E-state index contributed by atoms with van der Waals surface area (Å²) in [6.07, 6.45) is 7.34. The Kier molecular flexibility index (Phi) is 6.03. The number of aryl methyl sites for hydroxylation is 1. The van der Waals surface area contributed by atoms with Crippen molar-refractivity contribution in [2.75, 3.05) is 55.6 Å². The minimum absolute atomic E-state index is 0.0211. The van der Waals surface area contributed by atoms with Crippen molar-refractivity contribution in [1.82, 2.24) is 14.5 Å². The minimum Gasteiger partial charge on any atom is -0.462 e. The van der Waals surface area contributed by atoms with E-state index in [0.29, 0.717) is 0 Å². The van der Waals surface area contributed by atoms with Gasteiger partial charge in [0.05, 0.1) is 5.41 Å². The highest BCUT2D eigenvalue weighted by atomic mass is 35.5. The average Bonchev–Trinajstić information content (AvgIpc) is 3.36. The van der Waals surface area contributed by atoms with Crippen LogP contribution in [0.1, 0.15) is 25.7 Å². The van der Waals surface area contributed by atoms with Crippen molar-refractivity contribution in [2.45, 2.75) is 31.8 Å². The normalized spacial score (nSPS) is 23.7. The standard InChI is InChI=1S/C24H32ClN5O2/c1-27-12-8-26-23(27)30-10-6-24(7-11-30)18-21(32-22(24)31)5-9-28-13-15-29(16-14-28)20-4-2-3-19(25)17-20/h2-4,8,12,17,21H,5-7,9-11,13-16,18H2,1H3/t21-/m0/s1. The number of anilines is 2. The summed E-state index contributed by atoms with van der Waals surface area (Å²) in [7, 11) is 2.02. The Morgan fingerprint density at radius 1 is 1.12 bits per heavy atom. The first-order valence-electron chi connectivity index (χ1n) is 11.7. The van der Waals surface area contributed by atoms with Crippen LogP contribution in [-0.4, -0.2) is 72.3 Å². The number of halogens is 1. The lowest BCUT2D eigenvalue weighted by Gasteiger charge is -2.37. The van der Waals surface area contributed by atoms with Gasteiger partial charge in [0.1, 0.15) is 6.10 Å². The number of hydrogen-bond acceptors (Lipinski definition) is 6. The molecule has 4 heterocycles. The van der Waals surface area contributed by atoms with Crippen LogP contribution in [0.25, 0.3) is 0 Å². The molecular formula is C24H32ClN5O2. The highest BCUT2D eigenvalue weighted by molar-refractivity contribution is 6.30. The van der Waals surface area contributed by atoms with E-state index in [0.717, 1.165) is 82.5 Å². The maximum atomic E-state index is 12.8. The molecule has 0 N–H and O–H groups in total. The quantitative estimate of drug-likeness (QED) is 0.643. The summed E-state index contributed by atoms with van der Waals surface area (Å²) in [4.78, 5) is 24.4. The number of benzene rings is 1. The Morgan fingerprint density at radius 3 is 2.59 bits per heavy atom. The van der Waals surface area contributed by atoms with Crippen molar-refractivity contribution in [3.8, 4) is 0 Å². The molecule has 1 atom stereocenters. The molecule has 3 aliphatic rings. The number of piperazine rings is 1. The third-order valence-electron chi connectivity index (χ3n) is 7.44. The van der Waals surface area contributed by atoms with Crippen LogP contribution < -0.4 is 9.80 Å². The molecule has 3 aliphatic heterocycles. The molecule has 3 saturated heterocycles. The molecule has 5 rings (SSSR count). The molecule has 0 unspecified atom stereocenters. The molecule has 7 nitrogen and oxygen atoms in total. The fourth-order valence-corrected chi connectivity index (χ4v) is 5.62. The maximum absolute atomic E-state index is 12.8. The zero-order valence-electron chi connectivity index (χ0n) is 18.8. The molecule has 3 fully saturated rings. The number of carbonyl (C=O) groups is 1. The van der Waals surface area contributed by atoms with Crippen LogP contribution in [-0.2, 0) is 16.6 Å². The second kappa shape index (κ2) is 8.94. The van der Waals surface area contributed by atoms with Crippen LogP contribution in [0.4, 0.5) is 11.6 Å². The van der Waals surface area contributed by atoms with E-state index < -0.39 is 0 Å². The number of nitrogens with zero attached hydrogens (tertiary/aromatic N) is 5. The summed E-state index contributed by atoms with van der Waals surface area (Å²) in [5.74, 6) is 1.01. The fourth-order valence-electron chi connectivity index (χ4n) is 5.43. The average molecular weight is 458 g/mol. The number of piperidine rings is 1. The van der Waals surface area contributed by atoms with E-state index in [1.165, 1.54) is 5.69 Å². The molecule has 1 aromatic heterocycles. The molecule has 0 radical (unpaired) electrons. The molecule has 0 aliphatic carbocycles. The third kappa shape index (κ3) is 4.33. The predicted molar refractivity (Wildman–Crippen MR) is 126 cm³/mol. The number of esters is 1. The lowest BCUT2D eigenvalue weighted by Crippen LogP contribution is -2.47. The molecule has 0 bridgehead atoms. The van der Waals surface area contributed by atoms with Crippen molar-refractivity contribution in [3.05, 3.63) is 41.7 Å². The van der Waals surface area contributed by atoms with Crippen molar-refractivity contribution in [3.63, 3.8) is 0 Å². The molecule has 2 aromatic rings.